The Morgan fingerprint density at radius 1 is 1.29 bits per heavy atom. The second-order valence-electron chi connectivity index (χ2n) is 4.74. The van der Waals surface area contributed by atoms with Gasteiger partial charge in [-0.05, 0) is 36.5 Å². The number of amides is 1. The van der Waals surface area contributed by atoms with E-state index in [1.165, 1.54) is 19.3 Å². The van der Waals surface area contributed by atoms with Crippen molar-refractivity contribution in [3.8, 4) is 0 Å². The molecule has 3 heteroatoms. The molecule has 1 aromatic carbocycles. The number of nitrogens with one attached hydrogen (secondary N) is 1. The molecule has 0 aliphatic heterocycles. The fourth-order valence-corrected chi connectivity index (χ4v) is 1.89. The highest BCUT2D eigenvalue weighted by Gasteiger charge is 2.20. The smallest absolute Gasteiger partial charge is 0.251 e. The van der Waals surface area contributed by atoms with Crippen LogP contribution in [0.15, 0.2) is 24.3 Å². The van der Waals surface area contributed by atoms with E-state index in [4.69, 9.17) is 5.73 Å². The molecule has 1 amide bonds. The summed E-state index contributed by atoms with van der Waals surface area (Å²) in [4.78, 5) is 11.8. The molecule has 0 saturated heterocycles. The van der Waals surface area contributed by atoms with Gasteiger partial charge in [0.1, 0.15) is 0 Å². The van der Waals surface area contributed by atoms with Crippen LogP contribution in [0.1, 0.15) is 41.6 Å². The van der Waals surface area contributed by atoms with Crippen LogP contribution in [-0.4, -0.2) is 12.5 Å². The van der Waals surface area contributed by atoms with Crippen molar-refractivity contribution in [3.05, 3.63) is 35.4 Å². The van der Waals surface area contributed by atoms with E-state index in [0.29, 0.717) is 12.1 Å². The largest absolute Gasteiger partial charge is 0.352 e. The molecule has 0 bridgehead atoms. The zero-order valence-corrected chi connectivity index (χ0v) is 10.1. The summed E-state index contributed by atoms with van der Waals surface area (Å²) in [5.74, 6) is 0.958. The number of rotatable bonds is 6. The van der Waals surface area contributed by atoms with Gasteiger partial charge in [0.05, 0.1) is 0 Å². The van der Waals surface area contributed by atoms with Gasteiger partial charge in [-0.2, -0.15) is 0 Å². The minimum Gasteiger partial charge on any atom is -0.352 e. The molecule has 1 saturated carbocycles. The third-order valence-electron chi connectivity index (χ3n) is 3.22. The van der Waals surface area contributed by atoms with E-state index in [9.17, 15) is 4.79 Å². The number of carbonyl (C=O) groups is 1. The Morgan fingerprint density at radius 3 is 2.59 bits per heavy atom. The molecule has 3 nitrogen and oxygen atoms in total. The standard InChI is InChI=1S/C14H20N2O/c15-10-12-5-7-13(8-6-12)14(17)16-9-1-2-11-3-4-11/h5-8,11H,1-4,9-10,15H2,(H,16,17). The number of benzene rings is 1. The number of hydrogen-bond donors (Lipinski definition) is 2. The van der Waals surface area contributed by atoms with Gasteiger partial charge in [-0.3, -0.25) is 4.79 Å². The molecule has 0 spiro atoms. The molecule has 1 aliphatic rings. The van der Waals surface area contributed by atoms with Crippen molar-refractivity contribution in [2.45, 2.75) is 32.2 Å². The van der Waals surface area contributed by atoms with Crippen LogP contribution in [0.3, 0.4) is 0 Å². The van der Waals surface area contributed by atoms with Crippen molar-refractivity contribution < 1.29 is 4.79 Å². The lowest BCUT2D eigenvalue weighted by Crippen LogP contribution is -2.24. The fourth-order valence-electron chi connectivity index (χ4n) is 1.89. The quantitative estimate of drug-likeness (QED) is 0.738. The molecule has 1 aromatic rings. The maximum Gasteiger partial charge on any atom is 0.251 e. The first-order valence-electron chi connectivity index (χ1n) is 6.37. The maximum atomic E-state index is 11.8. The molecule has 0 atom stereocenters. The highest BCUT2D eigenvalue weighted by atomic mass is 16.1. The third-order valence-corrected chi connectivity index (χ3v) is 3.22. The van der Waals surface area contributed by atoms with Crippen LogP contribution in [0, 0.1) is 5.92 Å². The highest BCUT2D eigenvalue weighted by molar-refractivity contribution is 5.94. The summed E-state index contributed by atoms with van der Waals surface area (Å²) in [6, 6.07) is 7.47. The minimum atomic E-state index is 0.0179. The summed E-state index contributed by atoms with van der Waals surface area (Å²) >= 11 is 0. The van der Waals surface area contributed by atoms with Crippen LogP contribution in [0.4, 0.5) is 0 Å². The first-order valence-corrected chi connectivity index (χ1v) is 6.37. The number of hydrogen-bond acceptors (Lipinski definition) is 2. The van der Waals surface area contributed by atoms with Crippen LogP contribution in [0.25, 0.3) is 0 Å². The van der Waals surface area contributed by atoms with Crippen molar-refractivity contribution in [3.63, 3.8) is 0 Å². The van der Waals surface area contributed by atoms with Gasteiger partial charge in [0, 0.05) is 18.7 Å². The lowest BCUT2D eigenvalue weighted by molar-refractivity contribution is 0.0953. The monoisotopic (exact) mass is 232 g/mol. The van der Waals surface area contributed by atoms with Gasteiger partial charge < -0.3 is 11.1 Å². The SMILES string of the molecule is NCc1ccc(C(=O)NCCCC2CC2)cc1. The number of carbonyl (C=O) groups excluding carboxylic acids is 1. The zero-order valence-electron chi connectivity index (χ0n) is 10.1. The average molecular weight is 232 g/mol. The van der Waals surface area contributed by atoms with Crippen LogP contribution < -0.4 is 11.1 Å². The fraction of sp³-hybridized carbons (Fsp3) is 0.500. The summed E-state index contributed by atoms with van der Waals surface area (Å²) in [7, 11) is 0. The van der Waals surface area contributed by atoms with Crippen molar-refractivity contribution >= 4 is 5.91 Å². The van der Waals surface area contributed by atoms with Gasteiger partial charge >= 0.3 is 0 Å². The Balaban J connectivity index is 1.73. The summed E-state index contributed by atoms with van der Waals surface area (Å²) in [6.45, 7) is 1.30. The normalized spacial score (nSPS) is 14.6. The summed E-state index contributed by atoms with van der Waals surface area (Å²) in [5, 5.41) is 2.95. The molecule has 0 radical (unpaired) electrons. The Kier molecular flexibility index (Phi) is 4.15. The average Bonchev–Trinajstić information content (AvgIpc) is 3.18. The van der Waals surface area contributed by atoms with Crippen molar-refractivity contribution in [1.29, 1.82) is 0 Å². The van der Waals surface area contributed by atoms with Crippen molar-refractivity contribution in [1.82, 2.24) is 5.32 Å². The van der Waals surface area contributed by atoms with Crippen LogP contribution in [0.5, 0.6) is 0 Å². The van der Waals surface area contributed by atoms with Crippen molar-refractivity contribution in [2.75, 3.05) is 6.54 Å². The second-order valence-corrected chi connectivity index (χ2v) is 4.74. The number of nitrogens with two attached hydrogens (primary N) is 1. The molecule has 0 aromatic heterocycles. The van der Waals surface area contributed by atoms with Gasteiger partial charge in [-0.15, -0.1) is 0 Å². The molecule has 17 heavy (non-hydrogen) atoms. The first kappa shape index (κ1) is 12.1. The molecular formula is C14H20N2O. The van der Waals surface area contributed by atoms with E-state index in [1.54, 1.807) is 0 Å². The first-order chi connectivity index (χ1) is 8.29. The minimum absolute atomic E-state index is 0.0179. The lowest BCUT2D eigenvalue weighted by Gasteiger charge is -2.05. The molecular weight excluding hydrogens is 212 g/mol. The van der Waals surface area contributed by atoms with E-state index in [-0.39, 0.29) is 5.91 Å². The van der Waals surface area contributed by atoms with Crippen LogP contribution >= 0.6 is 0 Å². The Labute approximate surface area is 102 Å². The Morgan fingerprint density at radius 2 is 2.00 bits per heavy atom. The molecule has 92 valence electrons. The zero-order chi connectivity index (χ0) is 12.1. The van der Waals surface area contributed by atoms with Gasteiger partial charge in [0.15, 0.2) is 0 Å². The summed E-state index contributed by atoms with van der Waals surface area (Å²) in [5.41, 5.74) is 7.28. The van der Waals surface area contributed by atoms with Gasteiger partial charge in [0.2, 0.25) is 0 Å². The van der Waals surface area contributed by atoms with Crippen molar-refractivity contribution in [2.24, 2.45) is 11.7 Å². The molecule has 2 rings (SSSR count). The third kappa shape index (κ3) is 3.86. The topological polar surface area (TPSA) is 55.1 Å². The van der Waals surface area contributed by atoms with E-state index < -0.39 is 0 Å². The predicted octanol–water partition coefficient (Wildman–Crippen LogP) is 2.07. The van der Waals surface area contributed by atoms with Gasteiger partial charge in [-0.25, -0.2) is 0 Å². The molecule has 1 aliphatic carbocycles. The van der Waals surface area contributed by atoms with E-state index in [2.05, 4.69) is 5.32 Å². The van der Waals surface area contributed by atoms with Gasteiger partial charge in [0.25, 0.3) is 5.91 Å². The molecule has 0 heterocycles. The lowest BCUT2D eigenvalue weighted by atomic mass is 10.1. The summed E-state index contributed by atoms with van der Waals surface area (Å²) in [6.07, 6.45) is 5.12. The van der Waals surface area contributed by atoms with E-state index >= 15 is 0 Å². The molecule has 1 fully saturated rings. The maximum absolute atomic E-state index is 11.8. The van der Waals surface area contributed by atoms with E-state index in [1.807, 2.05) is 24.3 Å². The predicted molar refractivity (Wildman–Crippen MR) is 68.6 cm³/mol. The Bertz CT molecular complexity index is 368. The molecule has 0 unspecified atom stereocenters. The second kappa shape index (κ2) is 5.82. The van der Waals surface area contributed by atoms with Crippen LogP contribution in [0.2, 0.25) is 0 Å². The summed E-state index contributed by atoms with van der Waals surface area (Å²) < 4.78 is 0. The Hall–Kier alpha value is -1.35. The molecule has 3 N–H and O–H groups in total. The highest BCUT2D eigenvalue weighted by Crippen LogP contribution is 2.33. The van der Waals surface area contributed by atoms with Gasteiger partial charge in [-0.1, -0.05) is 25.0 Å². The van der Waals surface area contributed by atoms with E-state index in [0.717, 1.165) is 24.4 Å². The van der Waals surface area contributed by atoms with Crippen LogP contribution in [-0.2, 0) is 6.54 Å².